The van der Waals surface area contributed by atoms with Crippen molar-refractivity contribution in [2.24, 2.45) is 0 Å². The number of phenolic OH excluding ortho intramolecular Hbond substituents is 1. The summed E-state index contributed by atoms with van der Waals surface area (Å²) in [5, 5.41) is 20.2. The molecule has 0 bridgehead atoms. The van der Waals surface area contributed by atoms with Crippen molar-refractivity contribution in [1.29, 1.82) is 0 Å². The van der Waals surface area contributed by atoms with Crippen molar-refractivity contribution in [1.82, 2.24) is 5.32 Å². The summed E-state index contributed by atoms with van der Waals surface area (Å²) in [6, 6.07) is 5.90. The van der Waals surface area contributed by atoms with Gasteiger partial charge in [-0.25, -0.2) is 4.79 Å². The second-order valence-electron chi connectivity index (χ2n) is 3.80. The van der Waals surface area contributed by atoms with E-state index in [1.165, 1.54) is 17.0 Å². The predicted molar refractivity (Wildman–Crippen MR) is 66.8 cm³/mol. The van der Waals surface area contributed by atoms with Crippen molar-refractivity contribution in [3.8, 4) is 5.75 Å². The van der Waals surface area contributed by atoms with Gasteiger partial charge >= 0.3 is 12.0 Å². The third kappa shape index (κ3) is 4.32. The normalized spacial score (nSPS) is 9.83. The number of amides is 2. The lowest BCUT2D eigenvalue weighted by Gasteiger charge is -2.17. The summed E-state index contributed by atoms with van der Waals surface area (Å²) in [6.07, 6.45) is 0.424. The van der Waals surface area contributed by atoms with Gasteiger partial charge in [0.1, 0.15) is 5.75 Å². The zero-order valence-electron chi connectivity index (χ0n) is 10.1. The second-order valence-corrected chi connectivity index (χ2v) is 3.80. The molecule has 0 spiro atoms. The number of nitrogens with zero attached hydrogens (tertiary/aromatic N) is 1. The van der Waals surface area contributed by atoms with E-state index in [0.29, 0.717) is 18.7 Å². The first-order valence-corrected chi connectivity index (χ1v) is 5.53. The smallest absolute Gasteiger partial charge is 0.321 e. The number of carbonyl (C=O) groups excluding carboxylic acids is 1. The van der Waals surface area contributed by atoms with Crippen molar-refractivity contribution < 1.29 is 19.8 Å². The van der Waals surface area contributed by atoms with Gasteiger partial charge in [-0.1, -0.05) is 0 Å². The molecule has 6 heteroatoms. The number of aliphatic carboxylic acids is 1. The van der Waals surface area contributed by atoms with Crippen LogP contribution in [0, 0.1) is 0 Å². The molecule has 98 valence electrons. The number of nitrogens with one attached hydrogen (secondary N) is 1. The number of carboxylic acids is 1. The van der Waals surface area contributed by atoms with Crippen molar-refractivity contribution in [3.05, 3.63) is 24.3 Å². The monoisotopic (exact) mass is 252 g/mol. The molecule has 0 heterocycles. The van der Waals surface area contributed by atoms with Crippen LogP contribution in [0.25, 0.3) is 0 Å². The highest BCUT2D eigenvalue weighted by Crippen LogP contribution is 2.16. The molecule has 0 fully saturated rings. The highest BCUT2D eigenvalue weighted by Gasteiger charge is 2.09. The third-order valence-corrected chi connectivity index (χ3v) is 2.39. The number of aromatic hydroxyl groups is 1. The Balaban J connectivity index is 2.41. The van der Waals surface area contributed by atoms with Crippen molar-refractivity contribution in [2.45, 2.75) is 12.8 Å². The molecule has 2 amide bonds. The summed E-state index contributed by atoms with van der Waals surface area (Å²) in [7, 11) is 1.60. The molecule has 0 atom stereocenters. The number of urea groups is 1. The number of benzene rings is 1. The number of anilines is 1. The van der Waals surface area contributed by atoms with Gasteiger partial charge in [0.25, 0.3) is 0 Å². The van der Waals surface area contributed by atoms with Crippen LogP contribution in [0.15, 0.2) is 24.3 Å². The first-order chi connectivity index (χ1) is 8.50. The number of phenols is 1. The molecule has 1 aromatic rings. The fourth-order valence-electron chi connectivity index (χ4n) is 1.35. The molecule has 0 unspecified atom stereocenters. The maximum absolute atomic E-state index is 11.7. The molecule has 0 aliphatic carbocycles. The van der Waals surface area contributed by atoms with Gasteiger partial charge in [-0.3, -0.25) is 9.69 Å². The molecule has 0 radical (unpaired) electrons. The van der Waals surface area contributed by atoms with Crippen LogP contribution in [-0.2, 0) is 4.79 Å². The first-order valence-electron chi connectivity index (χ1n) is 5.53. The fourth-order valence-corrected chi connectivity index (χ4v) is 1.35. The van der Waals surface area contributed by atoms with E-state index in [2.05, 4.69) is 5.32 Å². The van der Waals surface area contributed by atoms with Crippen LogP contribution in [-0.4, -0.2) is 35.8 Å². The number of hydrogen-bond donors (Lipinski definition) is 3. The average Bonchev–Trinajstić information content (AvgIpc) is 2.34. The van der Waals surface area contributed by atoms with E-state index in [1.54, 1.807) is 19.2 Å². The van der Waals surface area contributed by atoms with Gasteiger partial charge in [-0.15, -0.1) is 0 Å². The molecule has 0 saturated heterocycles. The van der Waals surface area contributed by atoms with E-state index in [9.17, 15) is 9.59 Å². The maximum Gasteiger partial charge on any atom is 0.321 e. The van der Waals surface area contributed by atoms with Crippen LogP contribution < -0.4 is 10.2 Å². The van der Waals surface area contributed by atoms with Crippen molar-refractivity contribution >= 4 is 17.7 Å². The summed E-state index contributed by atoms with van der Waals surface area (Å²) in [5.41, 5.74) is 0.642. The van der Waals surface area contributed by atoms with E-state index in [4.69, 9.17) is 10.2 Å². The molecule has 6 nitrogen and oxygen atoms in total. The number of carboxylic acid groups (broad SMARTS) is 1. The SMILES string of the molecule is CN(C(=O)NCCCC(=O)O)c1ccc(O)cc1. The highest BCUT2D eigenvalue weighted by molar-refractivity contribution is 5.91. The predicted octanol–water partition coefficient (Wildman–Crippen LogP) is 1.40. The fraction of sp³-hybridized carbons (Fsp3) is 0.333. The van der Waals surface area contributed by atoms with E-state index in [0.717, 1.165) is 0 Å². The molecular weight excluding hydrogens is 236 g/mol. The molecule has 0 aromatic heterocycles. The third-order valence-electron chi connectivity index (χ3n) is 2.39. The summed E-state index contributed by atoms with van der Waals surface area (Å²) in [4.78, 5) is 23.4. The minimum atomic E-state index is -0.879. The Morgan fingerprint density at radius 1 is 1.28 bits per heavy atom. The second kappa shape index (κ2) is 6.48. The summed E-state index contributed by atoms with van der Waals surface area (Å²) in [6.45, 7) is 0.313. The minimum absolute atomic E-state index is 0.0310. The Bertz CT molecular complexity index is 417. The van der Waals surface area contributed by atoms with E-state index in [-0.39, 0.29) is 18.2 Å². The standard InChI is InChI=1S/C12H16N2O4/c1-14(9-4-6-10(15)7-5-9)12(18)13-8-2-3-11(16)17/h4-7,15H,2-3,8H2,1H3,(H,13,18)(H,16,17). The molecule has 18 heavy (non-hydrogen) atoms. The van der Waals surface area contributed by atoms with Crippen LogP contribution in [0.4, 0.5) is 10.5 Å². The zero-order valence-corrected chi connectivity index (χ0v) is 10.1. The molecular formula is C12H16N2O4. The summed E-state index contributed by atoms with van der Waals surface area (Å²) < 4.78 is 0. The van der Waals surface area contributed by atoms with Gasteiger partial charge in [0.2, 0.25) is 0 Å². The van der Waals surface area contributed by atoms with E-state index >= 15 is 0 Å². The Labute approximate surface area is 105 Å². The topological polar surface area (TPSA) is 89.9 Å². The number of carbonyl (C=O) groups is 2. The minimum Gasteiger partial charge on any atom is -0.508 e. The Kier molecular flexibility index (Phi) is 4.98. The number of rotatable bonds is 5. The quantitative estimate of drug-likeness (QED) is 0.691. The summed E-state index contributed by atoms with van der Waals surface area (Å²) in [5.74, 6) is -0.745. The highest BCUT2D eigenvalue weighted by atomic mass is 16.4. The average molecular weight is 252 g/mol. The molecule has 0 saturated carbocycles. The van der Waals surface area contributed by atoms with Crippen LogP contribution >= 0.6 is 0 Å². The van der Waals surface area contributed by atoms with E-state index < -0.39 is 5.97 Å². The van der Waals surface area contributed by atoms with Gasteiger partial charge in [0, 0.05) is 25.7 Å². The lowest BCUT2D eigenvalue weighted by Crippen LogP contribution is -2.37. The van der Waals surface area contributed by atoms with Crippen molar-refractivity contribution in [3.63, 3.8) is 0 Å². The first kappa shape index (κ1) is 13.8. The molecule has 3 N–H and O–H groups in total. The van der Waals surface area contributed by atoms with E-state index in [1.807, 2.05) is 0 Å². The Morgan fingerprint density at radius 3 is 2.44 bits per heavy atom. The van der Waals surface area contributed by atoms with Crippen LogP contribution in [0.2, 0.25) is 0 Å². The molecule has 0 aliphatic rings. The molecule has 1 aromatic carbocycles. The summed E-state index contributed by atoms with van der Waals surface area (Å²) >= 11 is 0. The van der Waals surface area contributed by atoms with Gasteiger partial charge in [0.05, 0.1) is 0 Å². The maximum atomic E-state index is 11.7. The largest absolute Gasteiger partial charge is 0.508 e. The van der Waals surface area contributed by atoms with Crippen LogP contribution in [0.1, 0.15) is 12.8 Å². The Morgan fingerprint density at radius 2 is 1.89 bits per heavy atom. The lowest BCUT2D eigenvalue weighted by atomic mass is 10.3. The lowest BCUT2D eigenvalue weighted by molar-refractivity contribution is -0.137. The van der Waals surface area contributed by atoms with Crippen LogP contribution in [0.5, 0.6) is 5.75 Å². The molecule has 1 rings (SSSR count). The molecule has 0 aliphatic heterocycles. The van der Waals surface area contributed by atoms with Gasteiger partial charge in [0.15, 0.2) is 0 Å². The van der Waals surface area contributed by atoms with Gasteiger partial charge < -0.3 is 15.5 Å². The zero-order chi connectivity index (χ0) is 13.5. The van der Waals surface area contributed by atoms with Gasteiger partial charge in [-0.2, -0.15) is 0 Å². The Hall–Kier alpha value is -2.24. The number of hydrogen-bond acceptors (Lipinski definition) is 3. The van der Waals surface area contributed by atoms with Crippen LogP contribution in [0.3, 0.4) is 0 Å². The van der Waals surface area contributed by atoms with Gasteiger partial charge in [-0.05, 0) is 30.7 Å². The van der Waals surface area contributed by atoms with Crippen molar-refractivity contribution in [2.75, 3.05) is 18.5 Å².